The van der Waals surface area contributed by atoms with Crippen molar-refractivity contribution < 1.29 is 14.2 Å². The summed E-state index contributed by atoms with van der Waals surface area (Å²) in [5.74, 6) is 2.43. The third kappa shape index (κ3) is 3.89. The number of β-amino-alcohol motifs (C(OH)–C–C–N with tert-alkyl or cyclic N) is 1. The van der Waals surface area contributed by atoms with Crippen LogP contribution in [0.4, 0.5) is 4.39 Å². The van der Waals surface area contributed by atoms with Gasteiger partial charge in [0.25, 0.3) is 0 Å². The monoisotopic (exact) mass is 346 g/mol. The fourth-order valence-corrected chi connectivity index (χ4v) is 3.30. The van der Waals surface area contributed by atoms with Crippen LogP contribution in [0.1, 0.15) is 36.0 Å². The summed E-state index contributed by atoms with van der Waals surface area (Å²) in [5, 5.41) is 18.8. The Labute approximate surface area is 146 Å². The van der Waals surface area contributed by atoms with E-state index in [0.29, 0.717) is 24.6 Å². The highest BCUT2D eigenvalue weighted by molar-refractivity contribution is 5.16. The third-order valence-corrected chi connectivity index (χ3v) is 4.80. The van der Waals surface area contributed by atoms with Crippen LogP contribution in [-0.2, 0) is 24.4 Å². The molecule has 6 nitrogen and oxygen atoms in total. The van der Waals surface area contributed by atoms with Crippen molar-refractivity contribution in [3.63, 3.8) is 0 Å². The summed E-state index contributed by atoms with van der Waals surface area (Å²) in [6, 6.07) is 6.53. The molecule has 0 amide bonds. The van der Waals surface area contributed by atoms with E-state index in [-0.39, 0.29) is 19.0 Å². The van der Waals surface area contributed by atoms with Gasteiger partial charge in [-0.2, -0.15) is 0 Å². The maximum absolute atomic E-state index is 13.5. The van der Waals surface area contributed by atoms with E-state index >= 15 is 0 Å². The van der Waals surface area contributed by atoms with Gasteiger partial charge in [-0.15, -0.1) is 10.2 Å². The van der Waals surface area contributed by atoms with Crippen molar-refractivity contribution in [2.24, 2.45) is 0 Å². The maximum Gasteiger partial charge on any atom is 0.147 e. The van der Waals surface area contributed by atoms with E-state index < -0.39 is 6.10 Å². The summed E-state index contributed by atoms with van der Waals surface area (Å²) < 4.78 is 21.2. The molecule has 1 aliphatic heterocycles. The highest BCUT2D eigenvalue weighted by Crippen LogP contribution is 2.39. The number of fused-ring (bicyclic) bond motifs is 1. The molecule has 1 atom stereocenters. The van der Waals surface area contributed by atoms with Gasteiger partial charge in [-0.05, 0) is 18.9 Å². The molecule has 1 fully saturated rings. The zero-order valence-corrected chi connectivity index (χ0v) is 14.1. The molecule has 7 heteroatoms. The summed E-state index contributed by atoms with van der Waals surface area (Å²) in [5.41, 5.74) is 0.508. The molecule has 1 saturated carbocycles. The Morgan fingerprint density at radius 2 is 2.08 bits per heavy atom. The smallest absolute Gasteiger partial charge is 0.147 e. The molecule has 0 saturated heterocycles. The van der Waals surface area contributed by atoms with Crippen molar-refractivity contribution in [3.8, 4) is 0 Å². The fraction of sp³-hybridized carbons (Fsp3) is 0.556. The minimum absolute atomic E-state index is 0.169. The molecule has 1 aromatic heterocycles. The molecule has 1 aliphatic carbocycles. The number of halogens is 1. The van der Waals surface area contributed by atoms with Crippen LogP contribution in [0.25, 0.3) is 0 Å². The molecule has 1 N–H and O–H groups in total. The van der Waals surface area contributed by atoms with Gasteiger partial charge in [-0.25, -0.2) is 4.39 Å². The summed E-state index contributed by atoms with van der Waals surface area (Å²) in [4.78, 5) is 2.16. The Kier molecular flexibility index (Phi) is 4.78. The molecule has 134 valence electrons. The quantitative estimate of drug-likeness (QED) is 0.827. The van der Waals surface area contributed by atoms with Crippen molar-refractivity contribution in [2.75, 3.05) is 19.7 Å². The highest BCUT2D eigenvalue weighted by Gasteiger charge is 2.32. The third-order valence-electron chi connectivity index (χ3n) is 4.80. The summed E-state index contributed by atoms with van der Waals surface area (Å²) in [7, 11) is 0. The molecular formula is C18H23FN4O2. The zero-order chi connectivity index (χ0) is 17.2. The van der Waals surface area contributed by atoms with Gasteiger partial charge < -0.3 is 14.4 Å². The van der Waals surface area contributed by atoms with E-state index in [9.17, 15) is 9.50 Å². The maximum atomic E-state index is 13.5. The lowest BCUT2D eigenvalue weighted by atomic mass is 10.2. The van der Waals surface area contributed by atoms with Crippen LogP contribution in [-0.4, -0.2) is 50.6 Å². The zero-order valence-electron chi connectivity index (χ0n) is 14.1. The Balaban J connectivity index is 1.24. The normalized spacial score (nSPS) is 19.0. The molecule has 0 radical (unpaired) electrons. The van der Waals surface area contributed by atoms with Crippen molar-refractivity contribution >= 4 is 0 Å². The van der Waals surface area contributed by atoms with Gasteiger partial charge in [0.05, 0.1) is 25.9 Å². The lowest BCUT2D eigenvalue weighted by molar-refractivity contribution is 0.00464. The number of benzene rings is 1. The largest absolute Gasteiger partial charge is 0.389 e. The average Bonchev–Trinajstić information content (AvgIpc) is 3.36. The molecule has 2 aliphatic rings. The minimum Gasteiger partial charge on any atom is -0.389 e. The second-order valence-corrected chi connectivity index (χ2v) is 6.90. The van der Waals surface area contributed by atoms with E-state index in [1.165, 1.54) is 18.9 Å². The van der Waals surface area contributed by atoms with Crippen LogP contribution < -0.4 is 0 Å². The topological polar surface area (TPSA) is 63.4 Å². The number of aliphatic hydroxyl groups is 1. The first-order valence-electron chi connectivity index (χ1n) is 8.84. The van der Waals surface area contributed by atoms with Crippen LogP contribution in [0.2, 0.25) is 0 Å². The van der Waals surface area contributed by atoms with E-state index in [0.717, 1.165) is 24.7 Å². The molecule has 2 aromatic rings. The van der Waals surface area contributed by atoms with Crippen molar-refractivity contribution in [1.29, 1.82) is 0 Å². The SMILES string of the molecule is O[C@@H](COCc1ccccc1F)CN1CCn2c(nnc2C2CC2)C1. The summed E-state index contributed by atoms with van der Waals surface area (Å²) in [6.07, 6.45) is 1.84. The van der Waals surface area contributed by atoms with E-state index in [2.05, 4.69) is 19.7 Å². The van der Waals surface area contributed by atoms with Crippen molar-refractivity contribution in [1.82, 2.24) is 19.7 Å². The lowest BCUT2D eigenvalue weighted by Crippen LogP contribution is -2.40. The fourth-order valence-electron chi connectivity index (χ4n) is 3.30. The number of hydrogen-bond donors (Lipinski definition) is 1. The number of nitrogens with zero attached hydrogens (tertiary/aromatic N) is 4. The first kappa shape index (κ1) is 16.6. The van der Waals surface area contributed by atoms with Gasteiger partial charge in [-0.1, -0.05) is 18.2 Å². The van der Waals surface area contributed by atoms with Gasteiger partial charge >= 0.3 is 0 Å². The molecule has 2 heterocycles. The van der Waals surface area contributed by atoms with Gasteiger partial charge in [-0.3, -0.25) is 4.90 Å². The van der Waals surface area contributed by atoms with Crippen LogP contribution in [0.5, 0.6) is 0 Å². The van der Waals surface area contributed by atoms with Crippen LogP contribution in [0.3, 0.4) is 0 Å². The molecule has 0 unspecified atom stereocenters. The summed E-state index contributed by atoms with van der Waals surface area (Å²) >= 11 is 0. The second-order valence-electron chi connectivity index (χ2n) is 6.90. The number of ether oxygens (including phenoxy) is 1. The number of aliphatic hydroxyl groups excluding tert-OH is 1. The van der Waals surface area contributed by atoms with Crippen LogP contribution >= 0.6 is 0 Å². The van der Waals surface area contributed by atoms with Crippen molar-refractivity contribution in [3.05, 3.63) is 47.3 Å². The predicted octanol–water partition coefficient (Wildman–Crippen LogP) is 1.69. The lowest BCUT2D eigenvalue weighted by Gasteiger charge is -2.29. The highest BCUT2D eigenvalue weighted by atomic mass is 19.1. The van der Waals surface area contributed by atoms with Gasteiger partial charge in [0.15, 0.2) is 0 Å². The molecule has 0 spiro atoms. The van der Waals surface area contributed by atoms with Crippen LogP contribution in [0.15, 0.2) is 24.3 Å². The van der Waals surface area contributed by atoms with E-state index in [1.807, 2.05) is 0 Å². The Bertz CT molecular complexity index is 732. The van der Waals surface area contributed by atoms with E-state index in [4.69, 9.17) is 4.74 Å². The molecule has 4 rings (SSSR count). The van der Waals surface area contributed by atoms with Gasteiger partial charge in [0, 0.05) is 31.1 Å². The molecule has 25 heavy (non-hydrogen) atoms. The summed E-state index contributed by atoms with van der Waals surface area (Å²) in [6.45, 7) is 3.31. The first-order valence-corrected chi connectivity index (χ1v) is 8.84. The second kappa shape index (κ2) is 7.19. The average molecular weight is 346 g/mol. The Morgan fingerprint density at radius 3 is 2.88 bits per heavy atom. The molecule has 1 aromatic carbocycles. The number of hydrogen-bond acceptors (Lipinski definition) is 5. The Hall–Kier alpha value is -1.83. The number of rotatable bonds is 7. The van der Waals surface area contributed by atoms with E-state index in [1.54, 1.807) is 18.2 Å². The van der Waals surface area contributed by atoms with Crippen LogP contribution in [0, 0.1) is 5.82 Å². The predicted molar refractivity (Wildman–Crippen MR) is 89.3 cm³/mol. The van der Waals surface area contributed by atoms with Gasteiger partial charge in [0.2, 0.25) is 0 Å². The number of aromatic nitrogens is 3. The Morgan fingerprint density at radius 1 is 1.24 bits per heavy atom. The molecular weight excluding hydrogens is 323 g/mol. The first-order chi connectivity index (χ1) is 12.2. The van der Waals surface area contributed by atoms with Gasteiger partial charge in [0.1, 0.15) is 17.5 Å². The molecule has 0 bridgehead atoms. The minimum atomic E-state index is -0.607. The van der Waals surface area contributed by atoms with Crippen molar-refractivity contribution in [2.45, 2.75) is 44.6 Å². The standard InChI is InChI=1S/C18H23FN4O2/c19-16-4-2-1-3-14(16)11-25-12-15(24)9-22-7-8-23-17(10-22)20-21-18(23)13-5-6-13/h1-4,13,15,24H,5-12H2/t15-/m1/s1.